The Morgan fingerprint density at radius 1 is 1.58 bits per heavy atom. The second-order valence-electron chi connectivity index (χ2n) is 3.54. The Kier molecular flexibility index (Phi) is 2.74. The molecule has 0 spiro atoms. The Bertz CT molecular complexity index is 233. The van der Waals surface area contributed by atoms with Crippen molar-refractivity contribution in [2.45, 2.75) is 13.8 Å². The smallest absolute Gasteiger partial charge is 0.0359 e. The van der Waals surface area contributed by atoms with Gasteiger partial charge in [0.2, 0.25) is 0 Å². The summed E-state index contributed by atoms with van der Waals surface area (Å²) in [5, 5.41) is 0. The molecule has 1 heterocycles. The van der Waals surface area contributed by atoms with Crippen molar-refractivity contribution < 1.29 is 0 Å². The average molecular weight is 163 g/mol. The fourth-order valence-electron chi connectivity index (χ4n) is 1.41. The van der Waals surface area contributed by atoms with Gasteiger partial charge < -0.3 is 4.90 Å². The van der Waals surface area contributed by atoms with Gasteiger partial charge in [-0.25, -0.2) is 0 Å². The molecule has 1 heteroatoms. The van der Waals surface area contributed by atoms with Crippen LogP contribution in [0, 0.1) is 5.92 Å². The largest absolute Gasteiger partial charge is 0.376 e. The van der Waals surface area contributed by atoms with Crippen LogP contribution in [0.3, 0.4) is 0 Å². The van der Waals surface area contributed by atoms with Gasteiger partial charge in [0.25, 0.3) is 0 Å². The molecule has 1 aliphatic rings. The van der Waals surface area contributed by atoms with Crippen LogP contribution in [-0.4, -0.2) is 18.5 Å². The van der Waals surface area contributed by atoms with Crippen molar-refractivity contribution in [1.29, 1.82) is 0 Å². The second-order valence-corrected chi connectivity index (χ2v) is 3.54. The Hall–Kier alpha value is -0.980. The summed E-state index contributed by atoms with van der Waals surface area (Å²) in [6.07, 6.45) is 6.38. The predicted octanol–water partition coefficient (Wildman–Crippen LogP) is 2.58. The Labute approximate surface area is 75.1 Å². The van der Waals surface area contributed by atoms with Crippen molar-refractivity contribution in [3.8, 4) is 0 Å². The van der Waals surface area contributed by atoms with Gasteiger partial charge in [0, 0.05) is 19.8 Å². The minimum atomic E-state index is 0.581. The molecule has 0 atom stereocenters. The van der Waals surface area contributed by atoms with Crippen molar-refractivity contribution in [3.63, 3.8) is 0 Å². The summed E-state index contributed by atoms with van der Waals surface area (Å²) in [6.45, 7) is 9.23. The molecule has 0 radical (unpaired) electrons. The van der Waals surface area contributed by atoms with Crippen molar-refractivity contribution in [2.75, 3.05) is 13.6 Å². The molecule has 0 aromatic carbocycles. The molecule has 0 aromatic rings. The molecule has 0 saturated heterocycles. The van der Waals surface area contributed by atoms with E-state index in [4.69, 9.17) is 0 Å². The monoisotopic (exact) mass is 163 g/mol. The van der Waals surface area contributed by atoms with Crippen molar-refractivity contribution in [3.05, 3.63) is 36.1 Å². The molecule has 0 saturated carbocycles. The third kappa shape index (κ3) is 1.79. The zero-order valence-electron chi connectivity index (χ0n) is 8.17. The van der Waals surface area contributed by atoms with E-state index in [0.29, 0.717) is 5.92 Å². The minimum Gasteiger partial charge on any atom is -0.376 e. The highest BCUT2D eigenvalue weighted by molar-refractivity contribution is 5.41. The van der Waals surface area contributed by atoms with E-state index in [0.717, 1.165) is 6.54 Å². The van der Waals surface area contributed by atoms with Crippen LogP contribution in [0.4, 0.5) is 0 Å². The molecular weight excluding hydrogens is 146 g/mol. The van der Waals surface area contributed by atoms with Crippen LogP contribution >= 0.6 is 0 Å². The van der Waals surface area contributed by atoms with Crippen molar-refractivity contribution in [2.24, 2.45) is 5.92 Å². The standard InChI is InChI=1S/C11H17N/c1-5-10-6-7-12(4)8-11(10)9(2)3/h5-6,8-9H,1,7H2,2-4H3. The molecule has 66 valence electrons. The first-order valence-electron chi connectivity index (χ1n) is 4.40. The molecule has 0 aromatic heterocycles. The van der Waals surface area contributed by atoms with Gasteiger partial charge >= 0.3 is 0 Å². The maximum atomic E-state index is 3.81. The number of rotatable bonds is 2. The number of hydrogen-bond donors (Lipinski definition) is 0. The number of likely N-dealkylation sites (N-methyl/N-ethyl adjacent to an activating group) is 1. The maximum absolute atomic E-state index is 3.81. The minimum absolute atomic E-state index is 0.581. The highest BCUT2D eigenvalue weighted by atomic mass is 15.1. The first-order chi connectivity index (χ1) is 5.65. The highest BCUT2D eigenvalue weighted by Crippen LogP contribution is 2.23. The summed E-state index contributed by atoms with van der Waals surface area (Å²) in [5.41, 5.74) is 2.68. The summed E-state index contributed by atoms with van der Waals surface area (Å²) in [5.74, 6) is 0.581. The lowest BCUT2D eigenvalue weighted by Crippen LogP contribution is -2.18. The highest BCUT2D eigenvalue weighted by Gasteiger charge is 2.11. The Morgan fingerprint density at radius 2 is 2.25 bits per heavy atom. The van der Waals surface area contributed by atoms with Crippen molar-refractivity contribution in [1.82, 2.24) is 4.90 Å². The van der Waals surface area contributed by atoms with Gasteiger partial charge in [-0.1, -0.05) is 32.6 Å². The van der Waals surface area contributed by atoms with E-state index in [1.54, 1.807) is 0 Å². The fraction of sp³-hybridized carbons (Fsp3) is 0.455. The molecule has 1 rings (SSSR count). The molecule has 0 amide bonds. The van der Waals surface area contributed by atoms with E-state index < -0.39 is 0 Å². The maximum Gasteiger partial charge on any atom is 0.0359 e. The van der Waals surface area contributed by atoms with Crippen LogP contribution in [0.1, 0.15) is 13.8 Å². The second kappa shape index (κ2) is 3.61. The summed E-state index contributed by atoms with van der Waals surface area (Å²) < 4.78 is 0. The third-order valence-corrected chi connectivity index (χ3v) is 2.13. The Balaban J connectivity index is 2.90. The van der Waals surface area contributed by atoms with Crippen LogP contribution in [0.2, 0.25) is 0 Å². The lowest BCUT2D eigenvalue weighted by Gasteiger charge is -2.23. The van der Waals surface area contributed by atoms with Gasteiger partial charge in [-0.2, -0.15) is 0 Å². The lowest BCUT2D eigenvalue weighted by atomic mass is 9.94. The third-order valence-electron chi connectivity index (χ3n) is 2.13. The molecule has 0 unspecified atom stereocenters. The first-order valence-corrected chi connectivity index (χ1v) is 4.40. The molecule has 0 aliphatic carbocycles. The molecule has 12 heavy (non-hydrogen) atoms. The molecule has 0 fully saturated rings. The molecule has 0 bridgehead atoms. The summed E-state index contributed by atoms with van der Waals surface area (Å²) in [4.78, 5) is 2.20. The molecule has 1 nitrogen and oxygen atoms in total. The molecule has 0 N–H and O–H groups in total. The van der Waals surface area contributed by atoms with E-state index in [-0.39, 0.29) is 0 Å². The predicted molar refractivity (Wildman–Crippen MR) is 53.8 cm³/mol. The normalized spacial score (nSPS) is 17.5. The summed E-state index contributed by atoms with van der Waals surface area (Å²) in [6, 6.07) is 0. The topological polar surface area (TPSA) is 3.24 Å². The van der Waals surface area contributed by atoms with Crippen LogP contribution < -0.4 is 0 Å². The van der Waals surface area contributed by atoms with E-state index in [1.807, 2.05) is 6.08 Å². The van der Waals surface area contributed by atoms with E-state index in [2.05, 4.69) is 44.6 Å². The van der Waals surface area contributed by atoms with Gasteiger partial charge in [0.15, 0.2) is 0 Å². The van der Waals surface area contributed by atoms with Gasteiger partial charge in [-0.3, -0.25) is 0 Å². The van der Waals surface area contributed by atoms with E-state index in [9.17, 15) is 0 Å². The zero-order valence-corrected chi connectivity index (χ0v) is 8.17. The fourth-order valence-corrected chi connectivity index (χ4v) is 1.41. The zero-order chi connectivity index (χ0) is 9.14. The SMILES string of the molecule is C=CC1=CCN(C)C=C1C(C)C. The van der Waals surface area contributed by atoms with Gasteiger partial charge in [0.05, 0.1) is 0 Å². The first kappa shape index (κ1) is 9.11. The van der Waals surface area contributed by atoms with Crippen molar-refractivity contribution >= 4 is 0 Å². The number of allylic oxidation sites excluding steroid dienone is 3. The average Bonchev–Trinajstić information content (AvgIpc) is 2.04. The van der Waals surface area contributed by atoms with E-state index >= 15 is 0 Å². The summed E-state index contributed by atoms with van der Waals surface area (Å²) >= 11 is 0. The van der Waals surface area contributed by atoms with Gasteiger partial charge in [0.1, 0.15) is 0 Å². The van der Waals surface area contributed by atoms with E-state index in [1.165, 1.54) is 11.1 Å². The summed E-state index contributed by atoms with van der Waals surface area (Å²) in [7, 11) is 2.10. The van der Waals surface area contributed by atoms with Crippen LogP contribution in [0.5, 0.6) is 0 Å². The lowest BCUT2D eigenvalue weighted by molar-refractivity contribution is 0.489. The number of nitrogens with zero attached hydrogens (tertiary/aromatic N) is 1. The van der Waals surface area contributed by atoms with Gasteiger partial charge in [-0.05, 0) is 17.1 Å². The molecular formula is C11H17N. The van der Waals surface area contributed by atoms with Crippen LogP contribution in [0.15, 0.2) is 36.1 Å². The van der Waals surface area contributed by atoms with Crippen LogP contribution in [0.25, 0.3) is 0 Å². The number of hydrogen-bond acceptors (Lipinski definition) is 1. The van der Waals surface area contributed by atoms with Crippen LogP contribution in [-0.2, 0) is 0 Å². The Morgan fingerprint density at radius 3 is 2.75 bits per heavy atom. The quantitative estimate of drug-likeness (QED) is 0.604. The van der Waals surface area contributed by atoms with Gasteiger partial charge in [-0.15, -0.1) is 0 Å². The molecule has 1 aliphatic heterocycles.